The van der Waals surface area contributed by atoms with E-state index in [9.17, 15) is 0 Å². The van der Waals surface area contributed by atoms with Crippen molar-refractivity contribution in [2.24, 2.45) is 0 Å². The molecule has 0 unspecified atom stereocenters. The first-order valence-electron chi connectivity index (χ1n) is 8.85. The lowest BCUT2D eigenvalue weighted by Crippen LogP contribution is -2.36. The summed E-state index contributed by atoms with van der Waals surface area (Å²) in [4.78, 5) is 2.23. The van der Waals surface area contributed by atoms with Crippen LogP contribution in [0.2, 0.25) is 0 Å². The van der Waals surface area contributed by atoms with Gasteiger partial charge >= 0.3 is 0 Å². The van der Waals surface area contributed by atoms with Gasteiger partial charge in [0.2, 0.25) is 0 Å². The number of fused-ring (bicyclic) bond motifs is 1. The van der Waals surface area contributed by atoms with Crippen LogP contribution >= 0.6 is 12.2 Å². The van der Waals surface area contributed by atoms with Crippen LogP contribution < -0.4 is 15.5 Å². The first kappa shape index (κ1) is 17.7. The highest BCUT2D eigenvalue weighted by Crippen LogP contribution is 2.30. The molecule has 1 fully saturated rings. The molecule has 3 aromatic rings. The van der Waals surface area contributed by atoms with Crippen LogP contribution in [0.15, 0.2) is 35.0 Å². The van der Waals surface area contributed by atoms with E-state index in [-0.39, 0.29) is 0 Å². The maximum Gasteiger partial charge on any atom is 0.175 e. The highest BCUT2D eigenvalue weighted by atomic mass is 32.1. The van der Waals surface area contributed by atoms with E-state index in [1.807, 2.05) is 18.2 Å². The normalized spacial score (nSPS) is 14.4. The number of hydrogen-bond donors (Lipinski definition) is 2. The van der Waals surface area contributed by atoms with Gasteiger partial charge in [0.1, 0.15) is 0 Å². The standard InChI is InChI=1S/C19H21N5O2S/c1-12-3-4-14(11-13(12)2)20-19(27)21-15-5-6-16(18-17(15)22-26-23-18)24-7-9-25-10-8-24/h3-6,11H,7-10H2,1-2H3,(H2,20,21,27). The van der Waals surface area contributed by atoms with Crippen molar-refractivity contribution < 1.29 is 9.37 Å². The van der Waals surface area contributed by atoms with E-state index >= 15 is 0 Å². The van der Waals surface area contributed by atoms with Crippen LogP contribution in [0.3, 0.4) is 0 Å². The predicted molar refractivity (Wildman–Crippen MR) is 111 cm³/mol. The number of benzene rings is 2. The molecule has 8 heteroatoms. The van der Waals surface area contributed by atoms with E-state index in [1.54, 1.807) is 0 Å². The van der Waals surface area contributed by atoms with Gasteiger partial charge in [-0.1, -0.05) is 6.07 Å². The number of rotatable bonds is 3. The fraction of sp³-hybridized carbons (Fsp3) is 0.316. The summed E-state index contributed by atoms with van der Waals surface area (Å²) in [5.41, 5.74) is 6.51. The maximum atomic E-state index is 5.46. The Morgan fingerprint density at radius 3 is 2.56 bits per heavy atom. The summed E-state index contributed by atoms with van der Waals surface area (Å²) < 4.78 is 10.4. The SMILES string of the molecule is Cc1ccc(NC(=S)Nc2ccc(N3CCOCC3)c3nonc23)cc1C. The molecule has 0 aliphatic carbocycles. The second-order valence-electron chi connectivity index (χ2n) is 6.57. The van der Waals surface area contributed by atoms with Gasteiger partial charge in [0.15, 0.2) is 16.1 Å². The molecule has 4 rings (SSSR count). The summed E-state index contributed by atoms with van der Waals surface area (Å²) in [5.74, 6) is 0. The monoisotopic (exact) mass is 383 g/mol. The van der Waals surface area contributed by atoms with E-state index < -0.39 is 0 Å². The Hall–Kier alpha value is -2.71. The van der Waals surface area contributed by atoms with Gasteiger partial charge in [-0.15, -0.1) is 0 Å². The van der Waals surface area contributed by atoms with Gasteiger partial charge in [-0.05, 0) is 71.8 Å². The second-order valence-corrected chi connectivity index (χ2v) is 6.98. The van der Waals surface area contributed by atoms with Crippen LogP contribution in [0.5, 0.6) is 0 Å². The molecule has 1 aliphatic heterocycles. The van der Waals surface area contributed by atoms with Crippen molar-refractivity contribution in [3.8, 4) is 0 Å². The van der Waals surface area contributed by atoms with Gasteiger partial charge in [0.05, 0.1) is 24.6 Å². The number of anilines is 3. The minimum Gasteiger partial charge on any atom is -0.378 e. The Morgan fingerprint density at radius 2 is 1.78 bits per heavy atom. The molecule has 0 spiro atoms. The van der Waals surface area contributed by atoms with Gasteiger partial charge in [-0.3, -0.25) is 0 Å². The summed E-state index contributed by atoms with van der Waals surface area (Å²) in [5, 5.41) is 15.1. The Morgan fingerprint density at radius 1 is 1.00 bits per heavy atom. The van der Waals surface area contributed by atoms with Crippen molar-refractivity contribution in [3.63, 3.8) is 0 Å². The van der Waals surface area contributed by atoms with Crippen molar-refractivity contribution in [2.45, 2.75) is 13.8 Å². The van der Waals surface area contributed by atoms with Crippen LogP contribution in [0.4, 0.5) is 17.1 Å². The molecule has 2 aromatic carbocycles. The first-order chi connectivity index (χ1) is 13.1. The van der Waals surface area contributed by atoms with E-state index in [2.05, 4.69) is 51.8 Å². The molecule has 140 valence electrons. The second kappa shape index (κ2) is 7.50. The van der Waals surface area contributed by atoms with Gasteiger partial charge in [-0.25, -0.2) is 4.63 Å². The number of thiocarbonyl (C=S) groups is 1. The Bertz CT molecular complexity index is 981. The summed E-state index contributed by atoms with van der Waals surface area (Å²) in [6, 6.07) is 10.1. The number of nitrogens with one attached hydrogen (secondary N) is 2. The molecule has 27 heavy (non-hydrogen) atoms. The zero-order chi connectivity index (χ0) is 18.8. The number of ether oxygens (including phenoxy) is 1. The minimum absolute atomic E-state index is 0.488. The lowest BCUT2D eigenvalue weighted by Gasteiger charge is -2.28. The molecule has 2 heterocycles. The van der Waals surface area contributed by atoms with Crippen LogP contribution in [0.25, 0.3) is 11.0 Å². The third-order valence-electron chi connectivity index (χ3n) is 4.76. The molecule has 1 aliphatic rings. The number of aromatic nitrogens is 2. The van der Waals surface area contributed by atoms with Crippen LogP contribution in [-0.4, -0.2) is 41.7 Å². The molecule has 1 saturated heterocycles. The molecule has 7 nitrogen and oxygen atoms in total. The first-order valence-corrected chi connectivity index (χ1v) is 9.26. The Kier molecular flexibility index (Phi) is 4.91. The molecule has 0 radical (unpaired) electrons. The van der Waals surface area contributed by atoms with E-state index in [0.29, 0.717) is 23.8 Å². The minimum atomic E-state index is 0.488. The number of morpholine rings is 1. The lowest BCUT2D eigenvalue weighted by atomic mass is 10.1. The van der Waals surface area contributed by atoms with Gasteiger partial charge < -0.3 is 20.3 Å². The quantitative estimate of drug-likeness (QED) is 0.666. The smallest absolute Gasteiger partial charge is 0.175 e. The van der Waals surface area contributed by atoms with E-state index in [0.717, 1.165) is 35.7 Å². The molecule has 1 aromatic heterocycles. The predicted octanol–water partition coefficient (Wildman–Crippen LogP) is 3.49. The molecule has 0 bridgehead atoms. The molecule has 0 atom stereocenters. The molecule has 2 N–H and O–H groups in total. The lowest BCUT2D eigenvalue weighted by molar-refractivity contribution is 0.123. The van der Waals surface area contributed by atoms with Crippen molar-refractivity contribution in [3.05, 3.63) is 41.5 Å². The molecular weight excluding hydrogens is 362 g/mol. The average Bonchev–Trinajstić information content (AvgIpc) is 3.16. The number of nitrogens with zero attached hydrogens (tertiary/aromatic N) is 3. The fourth-order valence-corrected chi connectivity index (χ4v) is 3.35. The zero-order valence-electron chi connectivity index (χ0n) is 15.3. The third kappa shape index (κ3) is 3.72. The summed E-state index contributed by atoms with van der Waals surface area (Å²) in [6.07, 6.45) is 0. The topological polar surface area (TPSA) is 75.5 Å². The van der Waals surface area contributed by atoms with Crippen molar-refractivity contribution in [1.82, 2.24) is 10.3 Å². The van der Waals surface area contributed by atoms with Gasteiger partial charge in [-0.2, -0.15) is 0 Å². The van der Waals surface area contributed by atoms with Gasteiger partial charge in [0.25, 0.3) is 0 Å². The van der Waals surface area contributed by atoms with Crippen molar-refractivity contribution >= 4 is 45.4 Å². The van der Waals surface area contributed by atoms with E-state index in [4.69, 9.17) is 21.6 Å². The highest BCUT2D eigenvalue weighted by molar-refractivity contribution is 7.80. The average molecular weight is 383 g/mol. The summed E-state index contributed by atoms with van der Waals surface area (Å²) >= 11 is 5.46. The van der Waals surface area contributed by atoms with Crippen molar-refractivity contribution in [1.29, 1.82) is 0 Å². The maximum absolute atomic E-state index is 5.46. The van der Waals surface area contributed by atoms with Crippen LogP contribution in [-0.2, 0) is 4.74 Å². The van der Waals surface area contributed by atoms with Crippen LogP contribution in [0.1, 0.15) is 11.1 Å². The Balaban J connectivity index is 1.54. The molecule has 0 saturated carbocycles. The highest BCUT2D eigenvalue weighted by Gasteiger charge is 2.19. The summed E-state index contributed by atoms with van der Waals surface area (Å²) in [7, 11) is 0. The van der Waals surface area contributed by atoms with E-state index in [1.165, 1.54) is 11.1 Å². The summed E-state index contributed by atoms with van der Waals surface area (Å²) in [6.45, 7) is 7.21. The molecule has 0 amide bonds. The zero-order valence-corrected chi connectivity index (χ0v) is 16.1. The van der Waals surface area contributed by atoms with Gasteiger partial charge in [0, 0.05) is 18.8 Å². The largest absolute Gasteiger partial charge is 0.378 e. The Labute approximate surface area is 162 Å². The fourth-order valence-electron chi connectivity index (χ4n) is 3.12. The van der Waals surface area contributed by atoms with Crippen LogP contribution in [0, 0.1) is 13.8 Å². The number of aryl methyl sites for hydroxylation is 2. The van der Waals surface area contributed by atoms with Crippen molar-refractivity contribution in [2.75, 3.05) is 41.8 Å². The molecular formula is C19H21N5O2S. The third-order valence-corrected chi connectivity index (χ3v) is 4.96. The number of hydrogen-bond acceptors (Lipinski definition) is 6.